The van der Waals surface area contributed by atoms with Crippen LogP contribution in [0.3, 0.4) is 0 Å². The lowest BCUT2D eigenvalue weighted by Crippen LogP contribution is -2.46. The zero-order chi connectivity index (χ0) is 19.8. The molecule has 6 heteroatoms. The minimum absolute atomic E-state index is 0.356. The molecule has 0 amide bonds. The number of piperazine rings is 1. The number of benzene rings is 1. The summed E-state index contributed by atoms with van der Waals surface area (Å²) in [5, 5.41) is 5.41. The Kier molecular flexibility index (Phi) is 4.56. The average molecular weight is 388 g/mol. The maximum Gasteiger partial charge on any atom is 0.345 e. The Labute approximate surface area is 169 Å². The van der Waals surface area contributed by atoms with Gasteiger partial charge in [0.2, 0.25) is 0 Å². The van der Waals surface area contributed by atoms with Gasteiger partial charge in [0.15, 0.2) is 0 Å². The molecular weight excluding hydrogens is 364 g/mol. The van der Waals surface area contributed by atoms with Gasteiger partial charge >= 0.3 is 5.63 Å². The third-order valence-electron chi connectivity index (χ3n) is 5.64. The highest BCUT2D eigenvalue weighted by atomic mass is 16.4. The summed E-state index contributed by atoms with van der Waals surface area (Å²) in [6.45, 7) is 7.51. The van der Waals surface area contributed by atoms with E-state index in [0.29, 0.717) is 16.8 Å². The van der Waals surface area contributed by atoms with Crippen LogP contribution >= 0.6 is 0 Å². The first-order valence-corrected chi connectivity index (χ1v) is 10.2. The fraction of sp³-hybridized carbons (Fsp3) is 0.304. The molecule has 0 saturated carbocycles. The normalized spacial score (nSPS) is 15.4. The Morgan fingerprint density at radius 2 is 1.90 bits per heavy atom. The minimum atomic E-state index is -0.356. The van der Waals surface area contributed by atoms with Gasteiger partial charge in [-0.3, -0.25) is 4.90 Å². The number of fused-ring (bicyclic) bond motifs is 2. The summed E-state index contributed by atoms with van der Waals surface area (Å²) in [4.78, 5) is 17.5. The fourth-order valence-electron chi connectivity index (χ4n) is 4.09. The van der Waals surface area contributed by atoms with Crippen molar-refractivity contribution in [1.82, 2.24) is 14.5 Å². The molecule has 5 rings (SSSR count). The van der Waals surface area contributed by atoms with Gasteiger partial charge in [0.1, 0.15) is 11.3 Å². The van der Waals surface area contributed by atoms with Gasteiger partial charge in [0.25, 0.3) is 0 Å². The number of hydrogen-bond donors (Lipinski definition) is 0. The van der Waals surface area contributed by atoms with Crippen molar-refractivity contribution in [1.29, 1.82) is 0 Å². The molecule has 0 bridgehead atoms. The predicted molar refractivity (Wildman–Crippen MR) is 116 cm³/mol. The molecular formula is C23H24N4O2. The Balaban J connectivity index is 1.46. The lowest BCUT2D eigenvalue weighted by molar-refractivity contribution is 0.258. The maximum absolute atomic E-state index is 12.7. The van der Waals surface area contributed by atoms with E-state index in [1.54, 1.807) is 4.52 Å². The lowest BCUT2D eigenvalue weighted by atomic mass is 10.1. The van der Waals surface area contributed by atoms with Crippen LogP contribution in [-0.4, -0.2) is 47.2 Å². The monoisotopic (exact) mass is 388 g/mol. The van der Waals surface area contributed by atoms with E-state index in [9.17, 15) is 4.79 Å². The van der Waals surface area contributed by atoms with Crippen molar-refractivity contribution in [3.05, 3.63) is 65.1 Å². The van der Waals surface area contributed by atoms with Crippen molar-refractivity contribution in [3.63, 3.8) is 0 Å². The van der Waals surface area contributed by atoms with E-state index in [0.717, 1.165) is 49.3 Å². The molecule has 6 nitrogen and oxygen atoms in total. The molecule has 0 aliphatic carbocycles. The Morgan fingerprint density at radius 1 is 1.03 bits per heavy atom. The van der Waals surface area contributed by atoms with E-state index >= 15 is 0 Å². The molecule has 3 aromatic heterocycles. The Morgan fingerprint density at radius 3 is 2.69 bits per heavy atom. The van der Waals surface area contributed by atoms with Crippen molar-refractivity contribution in [2.24, 2.45) is 0 Å². The molecule has 0 unspecified atom stereocenters. The van der Waals surface area contributed by atoms with E-state index in [4.69, 9.17) is 4.42 Å². The molecule has 0 atom stereocenters. The highest BCUT2D eigenvalue weighted by Gasteiger charge is 2.18. The van der Waals surface area contributed by atoms with Crippen LogP contribution in [0.15, 0.2) is 63.9 Å². The number of hydrogen-bond acceptors (Lipinski definition) is 5. The van der Waals surface area contributed by atoms with Crippen molar-refractivity contribution in [3.8, 4) is 11.3 Å². The van der Waals surface area contributed by atoms with E-state index < -0.39 is 0 Å². The largest absolute Gasteiger partial charge is 0.422 e. The van der Waals surface area contributed by atoms with Crippen LogP contribution in [0, 0.1) is 0 Å². The van der Waals surface area contributed by atoms with Crippen molar-refractivity contribution < 1.29 is 4.42 Å². The molecule has 0 N–H and O–H groups in total. The summed E-state index contributed by atoms with van der Waals surface area (Å²) in [5.41, 5.74) is 3.43. The van der Waals surface area contributed by atoms with Crippen molar-refractivity contribution in [2.45, 2.75) is 13.3 Å². The van der Waals surface area contributed by atoms with E-state index in [1.165, 1.54) is 6.42 Å². The average Bonchev–Trinajstić information content (AvgIpc) is 3.17. The number of nitrogens with zero attached hydrogens (tertiary/aromatic N) is 4. The Bertz CT molecular complexity index is 1190. The van der Waals surface area contributed by atoms with Gasteiger partial charge in [-0.2, -0.15) is 5.10 Å². The van der Waals surface area contributed by atoms with Gasteiger partial charge in [0.05, 0.1) is 11.1 Å². The fourth-order valence-corrected chi connectivity index (χ4v) is 4.09. The zero-order valence-electron chi connectivity index (χ0n) is 16.5. The summed E-state index contributed by atoms with van der Waals surface area (Å²) in [6, 6.07) is 15.7. The summed E-state index contributed by atoms with van der Waals surface area (Å²) < 4.78 is 7.46. The van der Waals surface area contributed by atoms with Crippen LogP contribution in [-0.2, 0) is 0 Å². The molecule has 1 fully saturated rings. The van der Waals surface area contributed by atoms with Gasteiger partial charge in [0, 0.05) is 49.5 Å². The molecule has 1 saturated heterocycles. The summed E-state index contributed by atoms with van der Waals surface area (Å²) in [5.74, 6) is 0. The highest BCUT2D eigenvalue weighted by Crippen LogP contribution is 2.26. The summed E-state index contributed by atoms with van der Waals surface area (Å²) in [7, 11) is 0. The van der Waals surface area contributed by atoms with Crippen LogP contribution in [0.5, 0.6) is 0 Å². The van der Waals surface area contributed by atoms with E-state index in [2.05, 4.69) is 27.9 Å². The van der Waals surface area contributed by atoms with Crippen LogP contribution in [0.2, 0.25) is 0 Å². The van der Waals surface area contributed by atoms with Crippen LogP contribution in [0.1, 0.15) is 13.3 Å². The number of pyridine rings is 1. The number of anilines is 1. The van der Waals surface area contributed by atoms with Gasteiger partial charge in [-0.05, 0) is 49.4 Å². The van der Waals surface area contributed by atoms with Gasteiger partial charge in [-0.15, -0.1) is 0 Å². The third-order valence-corrected chi connectivity index (χ3v) is 5.64. The highest BCUT2D eigenvalue weighted by molar-refractivity contribution is 5.84. The van der Waals surface area contributed by atoms with Crippen LogP contribution in [0.4, 0.5) is 5.69 Å². The molecule has 1 aromatic carbocycles. The number of rotatable bonds is 4. The first-order valence-electron chi connectivity index (χ1n) is 10.2. The SMILES string of the molecule is CCCN1CCN(c2ccc3cc(-c4cc5ccccn5n4)c(=O)oc3c2)CC1. The lowest BCUT2D eigenvalue weighted by Gasteiger charge is -2.36. The maximum atomic E-state index is 12.7. The van der Waals surface area contributed by atoms with Crippen LogP contribution < -0.4 is 10.5 Å². The van der Waals surface area contributed by atoms with Crippen molar-refractivity contribution in [2.75, 3.05) is 37.6 Å². The standard InChI is InChI=1S/C23H24N4O2/c1-2-8-25-10-12-26(13-11-25)18-7-6-17-14-20(23(28)29-22(17)16-18)21-15-19-5-3-4-9-27(19)24-21/h3-7,9,14-16H,2,8,10-13H2,1H3. The quantitative estimate of drug-likeness (QED) is 0.500. The second-order valence-corrected chi connectivity index (χ2v) is 7.60. The molecule has 4 heterocycles. The first kappa shape index (κ1) is 17.9. The first-order chi connectivity index (χ1) is 14.2. The molecule has 29 heavy (non-hydrogen) atoms. The number of aromatic nitrogens is 2. The molecule has 0 spiro atoms. The predicted octanol–water partition coefficient (Wildman–Crippen LogP) is 3.64. The molecule has 1 aliphatic rings. The molecule has 148 valence electrons. The Hall–Kier alpha value is -3.12. The van der Waals surface area contributed by atoms with Gasteiger partial charge in [-0.25, -0.2) is 9.31 Å². The minimum Gasteiger partial charge on any atom is -0.422 e. The van der Waals surface area contributed by atoms with Crippen LogP contribution in [0.25, 0.3) is 27.7 Å². The molecule has 4 aromatic rings. The van der Waals surface area contributed by atoms with Gasteiger partial charge in [-0.1, -0.05) is 13.0 Å². The van der Waals surface area contributed by atoms with E-state index in [1.807, 2.05) is 48.7 Å². The second kappa shape index (κ2) is 7.37. The second-order valence-electron chi connectivity index (χ2n) is 7.60. The summed E-state index contributed by atoms with van der Waals surface area (Å²) >= 11 is 0. The third kappa shape index (κ3) is 3.40. The smallest absolute Gasteiger partial charge is 0.345 e. The topological polar surface area (TPSA) is 54.0 Å². The zero-order valence-corrected chi connectivity index (χ0v) is 16.5. The van der Waals surface area contributed by atoms with Crippen molar-refractivity contribution >= 4 is 22.2 Å². The van der Waals surface area contributed by atoms with E-state index in [-0.39, 0.29) is 5.63 Å². The van der Waals surface area contributed by atoms with Gasteiger partial charge < -0.3 is 9.32 Å². The summed E-state index contributed by atoms with van der Waals surface area (Å²) in [6.07, 6.45) is 3.06. The molecule has 0 radical (unpaired) electrons. The molecule has 1 aliphatic heterocycles.